The second-order valence-electron chi connectivity index (χ2n) is 2.95. The standard InChI is InChI=1S/C9H15NO3/c1-12-6-9-3-2-8(13-9)4-7(10)5-11/h2-3,7,11H,4-6,10H2,1H3. The van der Waals surface area contributed by atoms with Crippen LogP contribution >= 0.6 is 0 Å². The molecule has 1 unspecified atom stereocenters. The normalized spacial score (nSPS) is 13.2. The van der Waals surface area contributed by atoms with E-state index in [4.69, 9.17) is 20.0 Å². The minimum atomic E-state index is -0.249. The maximum absolute atomic E-state index is 8.71. The van der Waals surface area contributed by atoms with Crippen molar-refractivity contribution in [1.29, 1.82) is 0 Å². The van der Waals surface area contributed by atoms with Crippen molar-refractivity contribution in [1.82, 2.24) is 0 Å². The van der Waals surface area contributed by atoms with Gasteiger partial charge >= 0.3 is 0 Å². The van der Waals surface area contributed by atoms with Gasteiger partial charge in [0.2, 0.25) is 0 Å². The van der Waals surface area contributed by atoms with Crippen LogP contribution in [-0.2, 0) is 17.8 Å². The first-order valence-corrected chi connectivity index (χ1v) is 4.19. The minimum Gasteiger partial charge on any atom is -0.464 e. The lowest BCUT2D eigenvalue weighted by molar-refractivity contribution is 0.162. The molecule has 0 fully saturated rings. The van der Waals surface area contributed by atoms with Gasteiger partial charge in [-0.05, 0) is 12.1 Å². The van der Waals surface area contributed by atoms with E-state index in [-0.39, 0.29) is 12.6 Å². The Morgan fingerprint density at radius 2 is 2.23 bits per heavy atom. The SMILES string of the molecule is COCc1ccc(CC(N)CO)o1. The first kappa shape index (κ1) is 10.2. The maximum Gasteiger partial charge on any atom is 0.129 e. The highest BCUT2D eigenvalue weighted by molar-refractivity contribution is 5.07. The van der Waals surface area contributed by atoms with E-state index in [1.165, 1.54) is 0 Å². The zero-order chi connectivity index (χ0) is 9.68. The summed E-state index contributed by atoms with van der Waals surface area (Å²) in [4.78, 5) is 0. The summed E-state index contributed by atoms with van der Waals surface area (Å²) in [6.07, 6.45) is 0.556. The summed E-state index contributed by atoms with van der Waals surface area (Å²) in [5, 5.41) is 8.71. The molecule has 0 amide bonds. The van der Waals surface area contributed by atoms with E-state index in [1.807, 2.05) is 12.1 Å². The van der Waals surface area contributed by atoms with Crippen molar-refractivity contribution in [2.45, 2.75) is 19.1 Å². The zero-order valence-electron chi connectivity index (χ0n) is 7.69. The fourth-order valence-corrected chi connectivity index (χ4v) is 1.07. The molecular weight excluding hydrogens is 170 g/mol. The molecule has 1 rings (SSSR count). The summed E-state index contributed by atoms with van der Waals surface area (Å²) in [7, 11) is 1.61. The van der Waals surface area contributed by atoms with Crippen LogP contribution in [0.4, 0.5) is 0 Å². The second kappa shape index (κ2) is 5.01. The van der Waals surface area contributed by atoms with Gasteiger partial charge in [-0.1, -0.05) is 0 Å². The summed E-state index contributed by atoms with van der Waals surface area (Å²) in [6.45, 7) is 0.439. The first-order chi connectivity index (χ1) is 6.26. The molecule has 0 saturated carbocycles. The smallest absolute Gasteiger partial charge is 0.129 e. The fourth-order valence-electron chi connectivity index (χ4n) is 1.07. The van der Waals surface area contributed by atoms with Crippen molar-refractivity contribution in [3.05, 3.63) is 23.7 Å². The van der Waals surface area contributed by atoms with Crippen LogP contribution < -0.4 is 5.73 Å². The topological polar surface area (TPSA) is 68.6 Å². The Labute approximate surface area is 77.3 Å². The summed E-state index contributed by atoms with van der Waals surface area (Å²) in [6, 6.07) is 3.45. The van der Waals surface area contributed by atoms with Crippen molar-refractivity contribution < 1.29 is 14.3 Å². The van der Waals surface area contributed by atoms with Crippen LogP contribution in [0, 0.1) is 0 Å². The van der Waals surface area contributed by atoms with E-state index in [0.717, 1.165) is 11.5 Å². The Morgan fingerprint density at radius 3 is 2.85 bits per heavy atom. The Bertz CT molecular complexity index is 247. The van der Waals surface area contributed by atoms with E-state index in [1.54, 1.807) is 7.11 Å². The zero-order valence-corrected chi connectivity index (χ0v) is 7.69. The van der Waals surface area contributed by atoms with Gasteiger partial charge in [-0.25, -0.2) is 0 Å². The van der Waals surface area contributed by atoms with Gasteiger partial charge in [-0.15, -0.1) is 0 Å². The second-order valence-corrected chi connectivity index (χ2v) is 2.95. The molecule has 0 radical (unpaired) electrons. The monoisotopic (exact) mass is 185 g/mol. The van der Waals surface area contributed by atoms with Crippen LogP contribution in [0.5, 0.6) is 0 Å². The van der Waals surface area contributed by atoms with E-state index < -0.39 is 0 Å². The lowest BCUT2D eigenvalue weighted by Crippen LogP contribution is -2.26. The highest BCUT2D eigenvalue weighted by atomic mass is 16.5. The van der Waals surface area contributed by atoms with Crippen molar-refractivity contribution in [3.8, 4) is 0 Å². The van der Waals surface area contributed by atoms with Gasteiger partial charge in [0.1, 0.15) is 18.1 Å². The van der Waals surface area contributed by atoms with Crippen molar-refractivity contribution in [2.75, 3.05) is 13.7 Å². The van der Waals surface area contributed by atoms with Gasteiger partial charge in [0.05, 0.1) is 6.61 Å². The molecule has 4 heteroatoms. The Morgan fingerprint density at radius 1 is 1.54 bits per heavy atom. The van der Waals surface area contributed by atoms with Crippen LogP contribution in [0.15, 0.2) is 16.5 Å². The quantitative estimate of drug-likeness (QED) is 0.691. The molecule has 0 aliphatic heterocycles. The Hall–Kier alpha value is -0.840. The number of rotatable bonds is 5. The number of furan rings is 1. The molecule has 0 saturated heterocycles. The molecule has 74 valence electrons. The van der Waals surface area contributed by atoms with Gasteiger partial charge in [0, 0.05) is 19.6 Å². The molecular formula is C9H15NO3. The lowest BCUT2D eigenvalue weighted by atomic mass is 10.2. The average molecular weight is 185 g/mol. The van der Waals surface area contributed by atoms with Gasteiger partial charge in [0.15, 0.2) is 0 Å². The molecule has 3 N–H and O–H groups in total. The minimum absolute atomic E-state index is 0.0275. The molecule has 13 heavy (non-hydrogen) atoms. The highest BCUT2D eigenvalue weighted by Crippen LogP contribution is 2.10. The number of aliphatic hydroxyl groups is 1. The predicted octanol–water partition coefficient (Wildman–Crippen LogP) is 0.288. The summed E-state index contributed by atoms with van der Waals surface area (Å²) in [5.74, 6) is 1.57. The average Bonchev–Trinajstić information content (AvgIpc) is 2.53. The molecule has 0 bridgehead atoms. The third-order valence-electron chi connectivity index (χ3n) is 1.70. The largest absolute Gasteiger partial charge is 0.464 e. The highest BCUT2D eigenvalue weighted by Gasteiger charge is 2.06. The third-order valence-corrected chi connectivity index (χ3v) is 1.70. The summed E-state index contributed by atoms with van der Waals surface area (Å²) < 4.78 is 10.3. The van der Waals surface area contributed by atoms with Gasteiger partial charge < -0.3 is 20.0 Å². The van der Waals surface area contributed by atoms with E-state index in [9.17, 15) is 0 Å². The number of hydrogen-bond donors (Lipinski definition) is 2. The van der Waals surface area contributed by atoms with Crippen LogP contribution in [0.1, 0.15) is 11.5 Å². The van der Waals surface area contributed by atoms with Crippen LogP contribution in [-0.4, -0.2) is 24.9 Å². The summed E-state index contributed by atoms with van der Waals surface area (Å²) >= 11 is 0. The predicted molar refractivity (Wildman–Crippen MR) is 48.2 cm³/mol. The Balaban J connectivity index is 2.48. The lowest BCUT2D eigenvalue weighted by Gasteiger charge is -2.04. The number of ether oxygens (including phenoxy) is 1. The maximum atomic E-state index is 8.71. The molecule has 0 aromatic carbocycles. The van der Waals surface area contributed by atoms with Gasteiger partial charge in [-0.3, -0.25) is 0 Å². The van der Waals surface area contributed by atoms with E-state index in [2.05, 4.69) is 0 Å². The summed E-state index contributed by atoms with van der Waals surface area (Å²) in [5.41, 5.74) is 5.55. The number of aliphatic hydroxyl groups excluding tert-OH is 1. The third kappa shape index (κ3) is 3.18. The van der Waals surface area contributed by atoms with Crippen molar-refractivity contribution in [2.24, 2.45) is 5.73 Å². The van der Waals surface area contributed by atoms with Crippen molar-refractivity contribution >= 4 is 0 Å². The van der Waals surface area contributed by atoms with Crippen LogP contribution in [0.3, 0.4) is 0 Å². The molecule has 0 spiro atoms. The van der Waals surface area contributed by atoms with Crippen LogP contribution in [0.2, 0.25) is 0 Å². The first-order valence-electron chi connectivity index (χ1n) is 4.19. The van der Waals surface area contributed by atoms with Crippen molar-refractivity contribution in [3.63, 3.8) is 0 Å². The molecule has 1 aromatic heterocycles. The molecule has 1 heterocycles. The Kier molecular flexibility index (Phi) is 3.95. The molecule has 0 aliphatic rings. The number of nitrogens with two attached hydrogens (primary N) is 1. The molecule has 4 nitrogen and oxygen atoms in total. The number of methoxy groups -OCH3 is 1. The molecule has 1 atom stereocenters. The van der Waals surface area contributed by atoms with Gasteiger partial charge in [0.25, 0.3) is 0 Å². The van der Waals surface area contributed by atoms with Crippen LogP contribution in [0.25, 0.3) is 0 Å². The molecule has 1 aromatic rings. The van der Waals surface area contributed by atoms with Gasteiger partial charge in [-0.2, -0.15) is 0 Å². The fraction of sp³-hybridized carbons (Fsp3) is 0.556. The van der Waals surface area contributed by atoms with E-state index in [0.29, 0.717) is 13.0 Å². The van der Waals surface area contributed by atoms with E-state index >= 15 is 0 Å². The molecule has 0 aliphatic carbocycles. The number of hydrogen-bond acceptors (Lipinski definition) is 4.